The first-order valence-corrected chi connectivity index (χ1v) is 17.7. The largest absolute Gasteiger partial charge is 0.454 e. The molecule has 4 heteroatoms. The summed E-state index contributed by atoms with van der Waals surface area (Å²) in [7, 11) is 0. The molecule has 0 N–H and O–H groups in total. The van der Waals surface area contributed by atoms with Gasteiger partial charge in [-0.2, -0.15) is 0 Å². The van der Waals surface area contributed by atoms with Crippen LogP contribution in [0, 0.1) is 0 Å². The van der Waals surface area contributed by atoms with Crippen LogP contribution in [-0.2, 0) is 0 Å². The Morgan fingerprint density at radius 3 is 1.31 bits per heavy atom. The maximum Gasteiger partial charge on any atom is 0.159 e. The maximum atomic E-state index is 7.17. The van der Waals surface area contributed by atoms with Crippen molar-refractivity contribution in [2.75, 3.05) is 0 Å². The Labute approximate surface area is 296 Å². The summed E-state index contributed by atoms with van der Waals surface area (Å²) in [5.41, 5.74) is 12.1. The van der Waals surface area contributed by atoms with Crippen molar-refractivity contribution in [2.45, 2.75) is 0 Å². The molecule has 242 valence electrons. The zero-order chi connectivity index (χ0) is 33.9. The number of benzene rings is 8. The minimum atomic E-state index is 0.833. The molecule has 0 radical (unpaired) electrons. The van der Waals surface area contributed by atoms with Gasteiger partial charge in [-0.1, -0.05) is 127 Å². The van der Waals surface area contributed by atoms with E-state index in [1.54, 1.807) is 0 Å². The molecular weight excluding hydrogens is 637 g/mol. The van der Waals surface area contributed by atoms with Crippen LogP contribution in [0.5, 0.6) is 0 Å². The second-order valence-electron chi connectivity index (χ2n) is 13.6. The smallest absolute Gasteiger partial charge is 0.159 e. The van der Waals surface area contributed by atoms with Crippen LogP contribution < -0.4 is 0 Å². The number of nitrogens with zero attached hydrogens (tertiary/aromatic N) is 2. The highest BCUT2D eigenvalue weighted by molar-refractivity contribution is 6.25. The Kier molecular flexibility index (Phi) is 5.47. The van der Waals surface area contributed by atoms with Crippen LogP contribution >= 0.6 is 0 Å². The van der Waals surface area contributed by atoms with Crippen molar-refractivity contribution in [2.24, 2.45) is 0 Å². The number of hydrogen-bond acceptors (Lipinski definition) is 2. The van der Waals surface area contributed by atoms with Gasteiger partial charge in [0.1, 0.15) is 11.2 Å². The molecule has 0 aliphatic rings. The molecule has 0 aliphatic heterocycles. The van der Waals surface area contributed by atoms with Gasteiger partial charge in [0.15, 0.2) is 11.2 Å². The molecule has 0 unspecified atom stereocenters. The lowest BCUT2D eigenvalue weighted by Gasteiger charge is -2.09. The van der Waals surface area contributed by atoms with E-state index in [0.29, 0.717) is 0 Å². The number of rotatable bonds is 3. The fourth-order valence-electron chi connectivity index (χ4n) is 8.78. The first-order valence-electron chi connectivity index (χ1n) is 17.7. The van der Waals surface area contributed by atoms with Gasteiger partial charge in [-0.15, -0.1) is 0 Å². The Hall–Kier alpha value is -7.04. The Bertz CT molecular complexity index is 3180. The summed E-state index contributed by atoms with van der Waals surface area (Å²) >= 11 is 0. The topological polar surface area (TPSA) is 36.1 Å². The van der Waals surface area contributed by atoms with Crippen LogP contribution in [-0.4, -0.2) is 9.13 Å². The van der Waals surface area contributed by atoms with E-state index in [2.05, 4.69) is 179 Å². The maximum absolute atomic E-state index is 7.17. The van der Waals surface area contributed by atoms with Crippen molar-refractivity contribution in [1.82, 2.24) is 9.13 Å². The quantitative estimate of drug-likeness (QED) is 0.188. The number of fused-ring (bicyclic) bond motifs is 12. The monoisotopic (exact) mass is 664 g/mol. The molecule has 8 aromatic carbocycles. The third-order valence-electron chi connectivity index (χ3n) is 10.9. The van der Waals surface area contributed by atoms with Crippen molar-refractivity contribution in [1.29, 1.82) is 0 Å². The zero-order valence-electron chi connectivity index (χ0n) is 27.9. The SMILES string of the molecule is c1ccc(-c2c3oc4c(-n5c6ccccc6c6ccccc65)cccc4c3cc3oc4c(-n5c6ccccc6c6ccccc65)cccc4c23)cc1. The van der Waals surface area contributed by atoms with Gasteiger partial charge in [0, 0.05) is 48.7 Å². The lowest BCUT2D eigenvalue weighted by Crippen LogP contribution is -1.94. The van der Waals surface area contributed by atoms with E-state index in [4.69, 9.17) is 8.83 Å². The predicted octanol–water partition coefficient (Wildman–Crippen LogP) is 13.3. The molecule has 4 aromatic heterocycles. The molecule has 0 saturated carbocycles. The molecule has 12 aromatic rings. The van der Waals surface area contributed by atoms with E-state index in [1.807, 2.05) is 0 Å². The van der Waals surface area contributed by atoms with Crippen molar-refractivity contribution < 1.29 is 8.83 Å². The highest BCUT2D eigenvalue weighted by Gasteiger charge is 2.25. The molecule has 0 fully saturated rings. The van der Waals surface area contributed by atoms with E-state index < -0.39 is 0 Å². The van der Waals surface area contributed by atoms with E-state index in [0.717, 1.165) is 88.4 Å². The van der Waals surface area contributed by atoms with E-state index in [9.17, 15) is 0 Å². The van der Waals surface area contributed by atoms with Crippen molar-refractivity contribution >= 4 is 87.5 Å². The summed E-state index contributed by atoms with van der Waals surface area (Å²) in [6.07, 6.45) is 0. The highest BCUT2D eigenvalue weighted by Crippen LogP contribution is 2.47. The lowest BCUT2D eigenvalue weighted by atomic mass is 9.96. The van der Waals surface area contributed by atoms with Crippen LogP contribution in [0.1, 0.15) is 0 Å². The molecule has 0 spiro atoms. The average molecular weight is 665 g/mol. The molecule has 0 bridgehead atoms. The molecule has 0 saturated heterocycles. The fourth-order valence-corrected chi connectivity index (χ4v) is 8.78. The average Bonchev–Trinajstić information content (AvgIpc) is 3.95. The van der Waals surface area contributed by atoms with Crippen LogP contribution in [0.25, 0.3) is 110 Å². The predicted molar refractivity (Wildman–Crippen MR) is 215 cm³/mol. The van der Waals surface area contributed by atoms with Crippen LogP contribution in [0.3, 0.4) is 0 Å². The third-order valence-corrected chi connectivity index (χ3v) is 10.9. The number of furan rings is 2. The summed E-state index contributed by atoms with van der Waals surface area (Å²) in [5, 5.41) is 9.07. The molecule has 4 heterocycles. The van der Waals surface area contributed by atoms with E-state index in [-0.39, 0.29) is 0 Å². The summed E-state index contributed by atoms with van der Waals surface area (Å²) in [6.45, 7) is 0. The van der Waals surface area contributed by atoms with E-state index >= 15 is 0 Å². The minimum Gasteiger partial charge on any atom is -0.454 e. The molecule has 0 amide bonds. The van der Waals surface area contributed by atoms with Gasteiger partial charge in [0.05, 0.1) is 33.4 Å². The molecule has 52 heavy (non-hydrogen) atoms. The van der Waals surface area contributed by atoms with Gasteiger partial charge in [0.25, 0.3) is 0 Å². The van der Waals surface area contributed by atoms with Crippen molar-refractivity contribution in [3.8, 4) is 22.5 Å². The second-order valence-corrected chi connectivity index (χ2v) is 13.6. The van der Waals surface area contributed by atoms with Gasteiger partial charge in [-0.25, -0.2) is 0 Å². The van der Waals surface area contributed by atoms with Gasteiger partial charge in [0.2, 0.25) is 0 Å². The lowest BCUT2D eigenvalue weighted by molar-refractivity contribution is 0.662. The van der Waals surface area contributed by atoms with Crippen LogP contribution in [0.15, 0.2) is 179 Å². The minimum absolute atomic E-state index is 0.833. The van der Waals surface area contributed by atoms with Gasteiger partial charge in [-0.05, 0) is 48.0 Å². The normalized spacial score (nSPS) is 12.2. The zero-order valence-corrected chi connectivity index (χ0v) is 27.9. The van der Waals surface area contributed by atoms with Crippen molar-refractivity contribution in [3.05, 3.63) is 170 Å². The molecule has 12 rings (SSSR count). The molecule has 4 nitrogen and oxygen atoms in total. The Morgan fingerprint density at radius 2 is 0.769 bits per heavy atom. The molecule has 0 aliphatic carbocycles. The summed E-state index contributed by atoms with van der Waals surface area (Å²) in [5.74, 6) is 0. The fraction of sp³-hybridized carbons (Fsp3) is 0. The van der Waals surface area contributed by atoms with Crippen LogP contribution in [0.4, 0.5) is 0 Å². The summed E-state index contributed by atoms with van der Waals surface area (Å²) in [6, 6.07) is 60.2. The highest BCUT2D eigenvalue weighted by atomic mass is 16.3. The van der Waals surface area contributed by atoms with Gasteiger partial charge >= 0.3 is 0 Å². The van der Waals surface area contributed by atoms with Crippen LogP contribution in [0.2, 0.25) is 0 Å². The Balaban J connectivity index is 1.21. The number of aromatic nitrogens is 2. The first kappa shape index (κ1) is 27.7. The Morgan fingerprint density at radius 1 is 0.327 bits per heavy atom. The van der Waals surface area contributed by atoms with Gasteiger partial charge in [-0.3, -0.25) is 0 Å². The number of para-hydroxylation sites is 6. The second kappa shape index (κ2) is 10.3. The summed E-state index contributed by atoms with van der Waals surface area (Å²) < 4.78 is 18.9. The molecular formula is C48H28N2O2. The third kappa shape index (κ3) is 3.60. The standard InChI is InChI=1S/C48H28N2O2/c1-2-14-29(15-3-1)44-45-35-21-13-27-42(50-39-24-10-6-18-32(39)33-19-7-11-25-40(33)50)47(35)51-43(45)28-36-34-20-12-26-41(46(34)52-48(36)44)49-37-22-8-4-16-30(37)31-17-5-9-23-38(31)49/h1-28H. The first-order chi connectivity index (χ1) is 25.8. The van der Waals surface area contributed by atoms with E-state index in [1.165, 1.54) is 21.5 Å². The number of hydrogen-bond donors (Lipinski definition) is 0. The molecule has 0 atom stereocenters. The van der Waals surface area contributed by atoms with Crippen molar-refractivity contribution in [3.63, 3.8) is 0 Å². The van der Waals surface area contributed by atoms with Gasteiger partial charge < -0.3 is 18.0 Å². The summed E-state index contributed by atoms with van der Waals surface area (Å²) in [4.78, 5) is 0.